The summed E-state index contributed by atoms with van der Waals surface area (Å²) < 4.78 is 0. The van der Waals surface area contributed by atoms with Crippen molar-refractivity contribution in [3.05, 3.63) is 51.5 Å². The fourth-order valence-corrected chi connectivity index (χ4v) is 3.09. The van der Waals surface area contributed by atoms with Gasteiger partial charge in [0.25, 0.3) is 0 Å². The Balaban J connectivity index is 1.61. The Morgan fingerprint density at radius 1 is 1.33 bits per heavy atom. The molecule has 1 aromatic heterocycles. The Morgan fingerprint density at radius 3 is 2.58 bits per heavy atom. The van der Waals surface area contributed by atoms with Gasteiger partial charge < -0.3 is 16.0 Å². The molecular weight excluding hydrogens is 324 g/mol. The molecule has 3 amide bonds. The minimum absolute atomic E-state index is 0.0814. The molecule has 0 aliphatic heterocycles. The second-order valence-electron chi connectivity index (χ2n) is 5.94. The first kappa shape index (κ1) is 16.4. The van der Waals surface area contributed by atoms with Crippen LogP contribution in [0.25, 0.3) is 0 Å². The highest BCUT2D eigenvalue weighted by Crippen LogP contribution is 2.28. The van der Waals surface area contributed by atoms with Gasteiger partial charge in [-0.3, -0.25) is 4.79 Å². The molecule has 1 heterocycles. The smallest absolute Gasteiger partial charge is 0.318 e. The van der Waals surface area contributed by atoms with E-state index in [1.165, 1.54) is 0 Å². The number of aromatic nitrogens is 1. The van der Waals surface area contributed by atoms with Crippen LogP contribution in [0.15, 0.2) is 29.6 Å². The van der Waals surface area contributed by atoms with E-state index in [2.05, 4.69) is 10.3 Å². The van der Waals surface area contributed by atoms with Crippen molar-refractivity contribution >= 4 is 23.3 Å². The van der Waals surface area contributed by atoms with Gasteiger partial charge in [0, 0.05) is 23.5 Å². The quantitative estimate of drug-likeness (QED) is 0.843. The molecular formula is C17H20N4O2S. The number of benzene rings is 1. The number of amides is 3. The third kappa shape index (κ3) is 4.11. The molecule has 1 aliphatic carbocycles. The first-order chi connectivity index (χ1) is 11.5. The second kappa shape index (κ2) is 7.00. The summed E-state index contributed by atoms with van der Waals surface area (Å²) in [7, 11) is 0. The minimum Gasteiger partial charge on any atom is -0.366 e. The van der Waals surface area contributed by atoms with Gasteiger partial charge in [0.05, 0.1) is 17.2 Å². The molecule has 0 bridgehead atoms. The van der Waals surface area contributed by atoms with E-state index in [-0.39, 0.29) is 12.1 Å². The Labute approximate surface area is 144 Å². The van der Waals surface area contributed by atoms with Crippen LogP contribution in [0.3, 0.4) is 0 Å². The van der Waals surface area contributed by atoms with Gasteiger partial charge in [0.1, 0.15) is 0 Å². The van der Waals surface area contributed by atoms with Crippen molar-refractivity contribution in [3.8, 4) is 0 Å². The molecule has 3 N–H and O–H groups in total. The number of nitrogens with one attached hydrogen (secondary N) is 1. The average molecular weight is 344 g/mol. The van der Waals surface area contributed by atoms with Crippen LogP contribution in [0.1, 0.15) is 39.5 Å². The van der Waals surface area contributed by atoms with Gasteiger partial charge in [-0.25, -0.2) is 9.78 Å². The predicted octanol–water partition coefficient (Wildman–Crippen LogP) is 2.42. The number of thiazole rings is 1. The zero-order valence-electron chi connectivity index (χ0n) is 13.5. The lowest BCUT2D eigenvalue weighted by molar-refractivity contribution is 0.1000. The Kier molecular flexibility index (Phi) is 4.80. The van der Waals surface area contributed by atoms with E-state index in [4.69, 9.17) is 5.73 Å². The molecule has 6 nitrogen and oxygen atoms in total. The maximum Gasteiger partial charge on any atom is 0.318 e. The van der Waals surface area contributed by atoms with Gasteiger partial charge >= 0.3 is 6.03 Å². The third-order valence-corrected chi connectivity index (χ3v) is 4.75. The monoisotopic (exact) mass is 344 g/mol. The summed E-state index contributed by atoms with van der Waals surface area (Å²) in [5.74, 6) is -0.447. The molecule has 1 fully saturated rings. The molecule has 0 atom stereocenters. The van der Waals surface area contributed by atoms with Crippen LogP contribution in [0, 0.1) is 6.92 Å². The molecule has 1 aromatic carbocycles. The Hall–Kier alpha value is -2.41. The van der Waals surface area contributed by atoms with Gasteiger partial charge in [-0.05, 0) is 37.5 Å². The minimum atomic E-state index is -0.447. The number of primary amides is 1. The molecule has 0 spiro atoms. The Morgan fingerprint density at radius 2 is 2.04 bits per heavy atom. The topological polar surface area (TPSA) is 88.3 Å². The number of carbonyl (C=O) groups excluding carboxylic acids is 2. The number of hydrogen-bond acceptors (Lipinski definition) is 4. The van der Waals surface area contributed by atoms with Crippen molar-refractivity contribution in [1.29, 1.82) is 0 Å². The maximum atomic E-state index is 12.5. The molecule has 1 aliphatic rings. The first-order valence-electron chi connectivity index (χ1n) is 7.87. The van der Waals surface area contributed by atoms with Crippen molar-refractivity contribution < 1.29 is 9.59 Å². The van der Waals surface area contributed by atoms with Gasteiger partial charge in [0.2, 0.25) is 5.91 Å². The standard InChI is InChI=1S/C17H20N4O2S/c1-11-20-14(10-24-11)8-19-17(23)21(15-6-7-15)9-12-2-4-13(5-3-12)16(18)22/h2-5,10,15H,6-9H2,1H3,(H2,18,22)(H,19,23). The first-order valence-corrected chi connectivity index (χ1v) is 8.75. The summed E-state index contributed by atoms with van der Waals surface area (Å²) in [6.45, 7) is 2.90. The van der Waals surface area contributed by atoms with Crippen molar-refractivity contribution in [2.24, 2.45) is 5.73 Å². The van der Waals surface area contributed by atoms with E-state index in [0.717, 1.165) is 29.1 Å². The lowest BCUT2D eigenvalue weighted by atomic mass is 10.1. The summed E-state index contributed by atoms with van der Waals surface area (Å²) in [5.41, 5.74) is 7.58. The van der Waals surface area contributed by atoms with Crippen LogP contribution in [0.2, 0.25) is 0 Å². The zero-order chi connectivity index (χ0) is 17.1. The highest BCUT2D eigenvalue weighted by molar-refractivity contribution is 7.09. The van der Waals surface area contributed by atoms with Crippen LogP contribution in [0.4, 0.5) is 4.79 Å². The zero-order valence-corrected chi connectivity index (χ0v) is 14.3. The highest BCUT2D eigenvalue weighted by Gasteiger charge is 2.32. The van der Waals surface area contributed by atoms with Crippen LogP contribution in [-0.2, 0) is 13.1 Å². The van der Waals surface area contributed by atoms with Crippen molar-refractivity contribution in [3.63, 3.8) is 0 Å². The molecule has 7 heteroatoms. The van der Waals surface area contributed by atoms with Gasteiger partial charge in [0.15, 0.2) is 0 Å². The van der Waals surface area contributed by atoms with Gasteiger partial charge in [-0.1, -0.05) is 12.1 Å². The van der Waals surface area contributed by atoms with E-state index in [9.17, 15) is 9.59 Å². The maximum absolute atomic E-state index is 12.5. The number of urea groups is 1. The van der Waals surface area contributed by atoms with E-state index < -0.39 is 5.91 Å². The molecule has 24 heavy (non-hydrogen) atoms. The lowest BCUT2D eigenvalue weighted by Crippen LogP contribution is -2.40. The van der Waals surface area contributed by atoms with Crippen molar-refractivity contribution in [1.82, 2.24) is 15.2 Å². The summed E-state index contributed by atoms with van der Waals surface area (Å²) in [4.78, 5) is 29.8. The summed E-state index contributed by atoms with van der Waals surface area (Å²) >= 11 is 1.58. The normalized spacial score (nSPS) is 13.5. The number of nitrogens with two attached hydrogens (primary N) is 1. The number of rotatable bonds is 6. The molecule has 2 aromatic rings. The lowest BCUT2D eigenvalue weighted by Gasteiger charge is -2.23. The molecule has 0 saturated heterocycles. The number of carbonyl (C=O) groups is 2. The van der Waals surface area contributed by atoms with E-state index in [0.29, 0.717) is 18.7 Å². The number of hydrogen-bond donors (Lipinski definition) is 2. The van der Waals surface area contributed by atoms with Gasteiger partial charge in [-0.2, -0.15) is 0 Å². The van der Waals surface area contributed by atoms with Crippen molar-refractivity contribution in [2.75, 3.05) is 0 Å². The predicted molar refractivity (Wildman–Crippen MR) is 92.6 cm³/mol. The average Bonchev–Trinajstić information content (AvgIpc) is 3.32. The molecule has 126 valence electrons. The largest absolute Gasteiger partial charge is 0.366 e. The van der Waals surface area contributed by atoms with Crippen LogP contribution in [0.5, 0.6) is 0 Å². The van der Waals surface area contributed by atoms with Crippen molar-refractivity contribution in [2.45, 2.75) is 38.9 Å². The summed E-state index contributed by atoms with van der Waals surface area (Å²) in [6.07, 6.45) is 2.06. The fraction of sp³-hybridized carbons (Fsp3) is 0.353. The highest BCUT2D eigenvalue weighted by atomic mass is 32.1. The van der Waals surface area contributed by atoms with E-state index in [1.54, 1.807) is 23.5 Å². The van der Waals surface area contributed by atoms with Crippen LogP contribution >= 0.6 is 11.3 Å². The molecule has 1 saturated carbocycles. The SMILES string of the molecule is Cc1nc(CNC(=O)N(Cc2ccc(C(N)=O)cc2)C2CC2)cs1. The fourth-order valence-electron chi connectivity index (χ4n) is 2.48. The van der Waals surface area contributed by atoms with Gasteiger partial charge in [-0.15, -0.1) is 11.3 Å². The van der Waals surface area contributed by atoms with Crippen LogP contribution < -0.4 is 11.1 Å². The Bertz CT molecular complexity index is 737. The van der Waals surface area contributed by atoms with Crippen LogP contribution in [-0.4, -0.2) is 27.9 Å². The summed E-state index contributed by atoms with van der Waals surface area (Å²) in [5, 5.41) is 5.89. The molecule has 0 unspecified atom stereocenters. The number of nitrogens with zero attached hydrogens (tertiary/aromatic N) is 2. The van der Waals surface area contributed by atoms with E-state index in [1.807, 2.05) is 29.3 Å². The van der Waals surface area contributed by atoms with E-state index >= 15 is 0 Å². The number of aryl methyl sites for hydroxylation is 1. The second-order valence-corrected chi connectivity index (χ2v) is 7.00. The third-order valence-electron chi connectivity index (χ3n) is 3.93. The molecule has 0 radical (unpaired) electrons. The summed E-state index contributed by atoms with van der Waals surface area (Å²) in [6, 6.07) is 7.27. The molecule has 3 rings (SSSR count).